The number of halogens is 1. The molecule has 13 heteroatoms. The van der Waals surface area contributed by atoms with E-state index in [2.05, 4.69) is 26.5 Å². The average Bonchev–Trinajstić information content (AvgIpc) is 3.52. The number of carbonyl (C=O) groups excluding carboxylic acids is 4. The maximum absolute atomic E-state index is 12.9. The zero-order valence-electron chi connectivity index (χ0n) is 24.6. The van der Waals surface area contributed by atoms with Crippen LogP contribution in [0.4, 0.5) is 4.79 Å². The highest BCUT2D eigenvalue weighted by molar-refractivity contribution is 7.99. The lowest BCUT2D eigenvalue weighted by molar-refractivity contribution is -0.122. The van der Waals surface area contributed by atoms with Crippen molar-refractivity contribution in [3.05, 3.63) is 86.6 Å². The molecule has 1 atom stereocenters. The third kappa shape index (κ3) is 11.7. The number of rotatable bonds is 17. The lowest BCUT2D eigenvalue weighted by atomic mass is 10.1. The van der Waals surface area contributed by atoms with Crippen molar-refractivity contribution < 1.29 is 23.9 Å². The van der Waals surface area contributed by atoms with Crippen LogP contribution in [0.25, 0.3) is 0 Å². The molecule has 0 unspecified atom stereocenters. The number of likely N-dealkylation sites (N-methyl/N-ethyl adjacent to an activating group) is 1. The maximum Gasteiger partial charge on any atom is 0.335 e. The molecule has 0 saturated carbocycles. The van der Waals surface area contributed by atoms with E-state index in [-0.39, 0.29) is 18.4 Å². The molecular weight excluding hydrogens is 622 g/mol. The maximum atomic E-state index is 12.9. The molecule has 44 heavy (non-hydrogen) atoms. The van der Waals surface area contributed by atoms with E-state index in [4.69, 9.17) is 16.3 Å². The number of benzene rings is 2. The first-order valence-electron chi connectivity index (χ1n) is 14.1. The summed E-state index contributed by atoms with van der Waals surface area (Å²) in [7, 11) is 0. The predicted octanol–water partition coefficient (Wildman–Crippen LogP) is 5.07. The Labute approximate surface area is 270 Å². The van der Waals surface area contributed by atoms with Crippen molar-refractivity contribution >= 4 is 64.5 Å². The SMILES string of the molecule is CCNC(=O)COc1ccc(CCNC(=O)N/N=C(/CSCc2ccccc2Cl)[C@H](CC)NC(=O)c2ccc(C=O)s2)cc1. The van der Waals surface area contributed by atoms with E-state index in [0.29, 0.717) is 70.0 Å². The Bertz CT molecular complexity index is 1430. The van der Waals surface area contributed by atoms with E-state index < -0.39 is 12.1 Å². The standard InChI is InChI=1S/C31H36ClN5O5S2/c1-3-26(35-30(40)28-14-13-24(17-38)44-28)27(20-43-19-22-7-5-6-8-25(22)32)36-37-31(41)34-16-15-21-9-11-23(12-10-21)42-18-29(39)33-4-2/h5-14,17,26H,3-4,15-16,18-20H2,1-2H3,(H,33,39)(H,35,40)(H2,34,37,41)/b36-27-/t26-/m0/s1. The number of carbonyl (C=O) groups is 4. The van der Waals surface area contributed by atoms with Crippen LogP contribution < -0.4 is 26.1 Å². The van der Waals surface area contributed by atoms with Crippen LogP contribution >= 0.6 is 34.7 Å². The molecule has 0 aliphatic carbocycles. The van der Waals surface area contributed by atoms with Gasteiger partial charge < -0.3 is 20.7 Å². The van der Waals surface area contributed by atoms with Gasteiger partial charge in [-0.05, 0) is 61.2 Å². The zero-order valence-corrected chi connectivity index (χ0v) is 26.9. The molecular formula is C31H36ClN5O5S2. The molecule has 0 spiro atoms. The van der Waals surface area contributed by atoms with Crippen molar-refractivity contribution in [2.75, 3.05) is 25.4 Å². The molecule has 3 aromatic rings. The van der Waals surface area contributed by atoms with Gasteiger partial charge in [0, 0.05) is 29.6 Å². The number of thiophene rings is 1. The van der Waals surface area contributed by atoms with Gasteiger partial charge in [0.1, 0.15) is 5.75 Å². The number of hydrazone groups is 1. The second kappa shape index (κ2) is 18.7. The van der Waals surface area contributed by atoms with Crippen LogP contribution in [-0.4, -0.2) is 61.3 Å². The van der Waals surface area contributed by atoms with Gasteiger partial charge in [-0.15, -0.1) is 11.3 Å². The number of hydrogen-bond acceptors (Lipinski definition) is 8. The Balaban J connectivity index is 1.57. The Morgan fingerprint density at radius 1 is 1.05 bits per heavy atom. The molecule has 4 amide bonds. The summed E-state index contributed by atoms with van der Waals surface area (Å²) in [5, 5.41) is 13.5. The molecule has 0 aliphatic heterocycles. The highest BCUT2D eigenvalue weighted by atomic mass is 35.5. The fraction of sp³-hybridized carbons (Fsp3) is 0.323. The van der Waals surface area contributed by atoms with Crippen molar-refractivity contribution in [1.82, 2.24) is 21.4 Å². The Hall–Kier alpha value is -3.87. The van der Waals surface area contributed by atoms with Crippen molar-refractivity contribution in [3.8, 4) is 5.75 Å². The van der Waals surface area contributed by atoms with E-state index in [0.717, 1.165) is 22.5 Å². The Morgan fingerprint density at radius 3 is 2.50 bits per heavy atom. The quantitative estimate of drug-likeness (QED) is 0.0909. The van der Waals surface area contributed by atoms with Gasteiger partial charge in [-0.25, -0.2) is 10.2 Å². The minimum absolute atomic E-state index is 0.0480. The number of urea groups is 1. The third-order valence-electron chi connectivity index (χ3n) is 6.22. The normalized spacial score (nSPS) is 11.8. The third-order valence-corrected chi connectivity index (χ3v) is 8.61. The molecule has 2 aromatic carbocycles. The van der Waals surface area contributed by atoms with Crippen molar-refractivity contribution in [1.29, 1.82) is 0 Å². The molecule has 234 valence electrons. The fourth-order valence-corrected chi connectivity index (χ4v) is 5.97. The topological polar surface area (TPSA) is 138 Å². The molecule has 1 aromatic heterocycles. The smallest absolute Gasteiger partial charge is 0.335 e. The number of hydrogen-bond donors (Lipinski definition) is 4. The van der Waals surface area contributed by atoms with Gasteiger partial charge in [-0.1, -0.05) is 48.9 Å². The number of thioether (sulfide) groups is 1. The average molecular weight is 658 g/mol. The summed E-state index contributed by atoms with van der Waals surface area (Å²) in [5.41, 5.74) is 5.11. The summed E-state index contributed by atoms with van der Waals surface area (Å²) >= 11 is 8.98. The number of amides is 4. The summed E-state index contributed by atoms with van der Waals surface area (Å²) in [6.45, 7) is 4.62. The molecule has 0 fully saturated rings. The van der Waals surface area contributed by atoms with Crippen LogP contribution in [0.2, 0.25) is 5.02 Å². The first-order valence-corrected chi connectivity index (χ1v) is 16.4. The molecule has 10 nitrogen and oxygen atoms in total. The Morgan fingerprint density at radius 2 is 1.82 bits per heavy atom. The van der Waals surface area contributed by atoms with Gasteiger partial charge in [0.05, 0.1) is 21.5 Å². The molecule has 3 rings (SSSR count). The van der Waals surface area contributed by atoms with E-state index in [9.17, 15) is 19.2 Å². The fourth-order valence-electron chi connectivity index (χ4n) is 3.91. The summed E-state index contributed by atoms with van der Waals surface area (Å²) in [4.78, 5) is 49.0. The summed E-state index contributed by atoms with van der Waals surface area (Å²) < 4.78 is 5.46. The lowest BCUT2D eigenvalue weighted by Crippen LogP contribution is -2.43. The first-order chi connectivity index (χ1) is 21.3. The van der Waals surface area contributed by atoms with Crippen molar-refractivity contribution in [2.24, 2.45) is 5.10 Å². The summed E-state index contributed by atoms with van der Waals surface area (Å²) in [6.07, 6.45) is 1.82. The number of ether oxygens (including phenoxy) is 1. The molecule has 0 radical (unpaired) electrons. The number of nitrogens with zero attached hydrogens (tertiary/aromatic N) is 1. The van der Waals surface area contributed by atoms with Crippen molar-refractivity contribution in [3.63, 3.8) is 0 Å². The van der Waals surface area contributed by atoms with E-state index in [1.807, 2.05) is 50.2 Å². The van der Waals surface area contributed by atoms with E-state index >= 15 is 0 Å². The van der Waals surface area contributed by atoms with Crippen LogP contribution in [0.1, 0.15) is 50.7 Å². The first kappa shape index (κ1) is 34.6. The van der Waals surface area contributed by atoms with Gasteiger partial charge in [-0.3, -0.25) is 14.4 Å². The molecule has 0 aliphatic rings. The monoisotopic (exact) mass is 657 g/mol. The van der Waals surface area contributed by atoms with Crippen molar-refractivity contribution in [2.45, 2.75) is 38.5 Å². The van der Waals surface area contributed by atoms with E-state index in [1.165, 1.54) is 0 Å². The largest absolute Gasteiger partial charge is 0.484 e. The van der Waals surface area contributed by atoms with Gasteiger partial charge in [-0.2, -0.15) is 16.9 Å². The minimum Gasteiger partial charge on any atom is -0.484 e. The van der Waals surface area contributed by atoms with Crippen LogP contribution in [0.5, 0.6) is 5.75 Å². The van der Waals surface area contributed by atoms with Gasteiger partial charge >= 0.3 is 6.03 Å². The second-order valence-electron chi connectivity index (χ2n) is 9.45. The summed E-state index contributed by atoms with van der Waals surface area (Å²) in [6, 6.07) is 17.2. The second-order valence-corrected chi connectivity index (χ2v) is 12.0. The van der Waals surface area contributed by atoms with Crippen LogP contribution in [0, 0.1) is 0 Å². The van der Waals surface area contributed by atoms with Crippen LogP contribution in [-0.2, 0) is 17.0 Å². The van der Waals surface area contributed by atoms with Gasteiger partial charge in [0.25, 0.3) is 11.8 Å². The highest BCUT2D eigenvalue weighted by Crippen LogP contribution is 2.22. The zero-order chi connectivity index (χ0) is 31.7. The number of aldehydes is 1. The van der Waals surface area contributed by atoms with Gasteiger partial charge in [0.15, 0.2) is 12.9 Å². The van der Waals surface area contributed by atoms with Crippen LogP contribution in [0.15, 0.2) is 65.8 Å². The molecule has 0 saturated heterocycles. The van der Waals surface area contributed by atoms with Crippen LogP contribution in [0.3, 0.4) is 0 Å². The minimum atomic E-state index is -0.476. The Kier molecular flexibility index (Phi) is 14.7. The van der Waals surface area contributed by atoms with Gasteiger partial charge in [0.2, 0.25) is 0 Å². The predicted molar refractivity (Wildman–Crippen MR) is 177 cm³/mol. The lowest BCUT2D eigenvalue weighted by Gasteiger charge is -2.19. The summed E-state index contributed by atoms with van der Waals surface area (Å²) in [5.74, 6) is 1.14. The molecule has 0 bridgehead atoms. The molecule has 1 heterocycles. The van der Waals surface area contributed by atoms with E-state index in [1.54, 1.807) is 36.0 Å². The number of nitrogens with one attached hydrogen (secondary N) is 4. The molecule has 4 N–H and O–H groups in total. The highest BCUT2D eigenvalue weighted by Gasteiger charge is 2.20.